The number of allylic oxidation sites excluding steroid dienone is 6. The van der Waals surface area contributed by atoms with E-state index in [0.717, 1.165) is 5.57 Å². The second kappa shape index (κ2) is 28.1. The zero-order chi connectivity index (χ0) is 55.4. The number of aliphatic hydroxyl groups is 2. The van der Waals surface area contributed by atoms with Crippen LogP contribution >= 0.6 is 0 Å². The van der Waals surface area contributed by atoms with Gasteiger partial charge in [-0.1, -0.05) is 71.1 Å². The summed E-state index contributed by atoms with van der Waals surface area (Å²) in [5, 5.41) is 23.6. The summed E-state index contributed by atoms with van der Waals surface area (Å²) < 4.78 is 47.2. The molecule has 0 aromatic rings. The summed E-state index contributed by atoms with van der Waals surface area (Å²) >= 11 is 0. The van der Waals surface area contributed by atoms with E-state index in [1.54, 1.807) is 54.8 Å². The third kappa shape index (κ3) is 16.1. The Morgan fingerprint density at radius 1 is 0.867 bits per heavy atom. The van der Waals surface area contributed by atoms with Crippen LogP contribution in [0.15, 0.2) is 47.6 Å². The van der Waals surface area contributed by atoms with Crippen molar-refractivity contribution in [2.45, 2.75) is 194 Å². The highest BCUT2D eigenvalue weighted by atomic mass is 16.6. The molecule has 18 heteroatoms. The Labute approximate surface area is 446 Å². The number of cyclic esters (lactones) is 1. The van der Waals surface area contributed by atoms with Crippen molar-refractivity contribution in [3.63, 3.8) is 0 Å². The second-order valence-corrected chi connectivity index (χ2v) is 22.7. The van der Waals surface area contributed by atoms with E-state index in [1.165, 1.54) is 12.0 Å². The number of esters is 2. The van der Waals surface area contributed by atoms with Gasteiger partial charge in [0, 0.05) is 71.7 Å². The molecule has 5 rings (SSSR count). The Bertz CT molecular complexity index is 2100. The summed E-state index contributed by atoms with van der Waals surface area (Å²) in [7, 11) is 4.10. The maximum atomic E-state index is 14.6. The van der Waals surface area contributed by atoms with Crippen molar-refractivity contribution in [2.24, 2.45) is 40.9 Å². The lowest BCUT2D eigenvalue weighted by atomic mass is 9.78. The van der Waals surface area contributed by atoms with E-state index in [-0.39, 0.29) is 56.0 Å². The van der Waals surface area contributed by atoms with Gasteiger partial charge in [0.05, 0.1) is 18.3 Å². The molecule has 5 aliphatic rings. The summed E-state index contributed by atoms with van der Waals surface area (Å²) in [4.78, 5) is 86.1. The number of aliphatic hydroxyl groups excluding tert-OH is 1. The average Bonchev–Trinajstić information content (AvgIpc) is 3.38. The normalized spacial score (nSPS) is 37.4. The van der Waals surface area contributed by atoms with Gasteiger partial charge in [0.15, 0.2) is 5.78 Å². The van der Waals surface area contributed by atoms with Crippen LogP contribution in [0.2, 0.25) is 6.82 Å². The number of Topliss-reactive ketones (excluding diaryl/α,β-unsaturated/α-hetero) is 3. The molecule has 17 nitrogen and oxygen atoms in total. The maximum absolute atomic E-state index is 14.6. The second-order valence-electron chi connectivity index (χ2n) is 22.7. The van der Waals surface area contributed by atoms with E-state index in [4.69, 9.17) is 37.7 Å². The van der Waals surface area contributed by atoms with Crippen LogP contribution in [0, 0.1) is 40.9 Å². The molecule has 0 aromatic heterocycles. The minimum atomic E-state index is -2.46. The summed E-state index contributed by atoms with van der Waals surface area (Å²) in [6.07, 6.45) is 10.5. The summed E-state index contributed by atoms with van der Waals surface area (Å²) in [5.41, 5.74) is 0.269. The van der Waals surface area contributed by atoms with E-state index >= 15 is 0 Å². The third-order valence-corrected chi connectivity index (χ3v) is 16.5. The number of nitrogens with zero attached hydrogens (tertiary/aromatic N) is 1. The predicted molar refractivity (Wildman–Crippen MR) is 281 cm³/mol. The summed E-state index contributed by atoms with van der Waals surface area (Å²) in [5.74, 6) is -8.80. The van der Waals surface area contributed by atoms with Crippen LogP contribution in [-0.2, 0) is 66.5 Å². The van der Waals surface area contributed by atoms with Crippen LogP contribution in [0.5, 0.6) is 0 Å². The molecule has 1 amide bonds. The number of carbonyl (C=O) groups is 6. The van der Waals surface area contributed by atoms with Crippen molar-refractivity contribution in [3.8, 4) is 0 Å². The molecule has 420 valence electrons. The number of fused-ring (bicyclic) bond motifs is 3. The number of hydrogen-bond acceptors (Lipinski definition) is 16. The first-order chi connectivity index (χ1) is 35.5. The number of carbonyl (C=O) groups excluding carboxylic acids is 6. The van der Waals surface area contributed by atoms with Gasteiger partial charge < -0.3 is 52.8 Å². The molecule has 1 aliphatic carbocycles. The number of amides is 1. The molecule has 4 heterocycles. The molecule has 0 spiro atoms. The van der Waals surface area contributed by atoms with E-state index in [1.807, 2.05) is 58.1 Å². The maximum Gasteiger partial charge on any atom is 0.453 e. The Hall–Kier alpha value is -3.88. The van der Waals surface area contributed by atoms with Gasteiger partial charge in [0.25, 0.3) is 11.7 Å². The van der Waals surface area contributed by atoms with Crippen molar-refractivity contribution < 1.29 is 76.7 Å². The smallest absolute Gasteiger partial charge is 0.453 e. The van der Waals surface area contributed by atoms with E-state index < -0.39 is 114 Å². The number of ether oxygens (including phenoxy) is 6. The van der Waals surface area contributed by atoms with Gasteiger partial charge in [-0.05, 0) is 121 Å². The predicted octanol–water partition coefficient (Wildman–Crippen LogP) is 6.90. The quantitative estimate of drug-likeness (QED) is 0.109. The lowest BCUT2D eigenvalue weighted by Crippen LogP contribution is -2.61. The molecule has 0 unspecified atom stereocenters. The fraction of sp³-hybridized carbons (Fsp3) is 0.754. The lowest BCUT2D eigenvalue weighted by Gasteiger charge is -2.42. The zero-order valence-corrected chi connectivity index (χ0v) is 46.8. The molecular formula is C57H88BNO16. The highest BCUT2D eigenvalue weighted by molar-refractivity contribution is 6.42. The monoisotopic (exact) mass is 1050 g/mol. The van der Waals surface area contributed by atoms with E-state index in [2.05, 4.69) is 0 Å². The van der Waals surface area contributed by atoms with Gasteiger partial charge in [-0.3, -0.25) is 24.0 Å². The minimum Gasteiger partial charge on any atom is -0.460 e. The molecule has 4 fully saturated rings. The SMILES string of the molecule is CO[C@H]1C[C@@H]2CC[C@@H](C)[C@@](O)(O2)C(=O)C(=O)N2CCCC[C@H]2C(=O)O[C@H]([C@H](C)C[C@@H]2CC[C@@H](OC(=O)C3(C)COB(C)OC3)[C@H](OC)C2)CC(=O)[C@H](C)/C=C(\C)[C@@H](O)[C@@H](OC)C(=O)[C@H](C)C[C@H](C)/C=C/C=CC=C1C. The van der Waals surface area contributed by atoms with Crippen molar-refractivity contribution in [3.05, 3.63) is 47.6 Å². The van der Waals surface area contributed by atoms with Crippen LogP contribution in [-0.4, -0.2) is 153 Å². The minimum absolute atomic E-state index is 0.00142. The molecule has 15 atom stereocenters. The van der Waals surface area contributed by atoms with Crippen LogP contribution in [0.3, 0.4) is 0 Å². The van der Waals surface area contributed by atoms with Gasteiger partial charge in [0.1, 0.15) is 41.7 Å². The Balaban J connectivity index is 1.43. The fourth-order valence-corrected chi connectivity index (χ4v) is 11.3. The fourth-order valence-electron chi connectivity index (χ4n) is 11.3. The summed E-state index contributed by atoms with van der Waals surface area (Å²) in [6.45, 7) is 16.5. The summed E-state index contributed by atoms with van der Waals surface area (Å²) in [6, 6.07) is -1.18. The average molecular weight is 1050 g/mol. The first-order valence-electron chi connectivity index (χ1n) is 27.4. The number of piperidine rings is 1. The third-order valence-electron chi connectivity index (χ3n) is 16.5. The van der Waals surface area contributed by atoms with E-state index in [9.17, 15) is 39.0 Å². The first kappa shape index (κ1) is 62.0. The topological polar surface area (TPSA) is 220 Å². The molecule has 0 radical (unpaired) electrons. The van der Waals surface area contributed by atoms with Crippen molar-refractivity contribution in [1.82, 2.24) is 4.90 Å². The molecule has 2 N–H and O–H groups in total. The van der Waals surface area contributed by atoms with E-state index in [0.29, 0.717) is 69.8 Å². The van der Waals surface area contributed by atoms with Gasteiger partial charge in [-0.15, -0.1) is 0 Å². The zero-order valence-electron chi connectivity index (χ0n) is 46.8. The number of methoxy groups -OCH3 is 3. The van der Waals surface area contributed by atoms with Gasteiger partial charge in [0.2, 0.25) is 5.79 Å². The van der Waals surface area contributed by atoms with Crippen LogP contribution in [0.4, 0.5) is 0 Å². The molecule has 1 saturated carbocycles. The molecule has 0 aromatic carbocycles. The largest absolute Gasteiger partial charge is 0.460 e. The Morgan fingerprint density at radius 3 is 2.24 bits per heavy atom. The highest BCUT2D eigenvalue weighted by Gasteiger charge is 2.53. The lowest BCUT2D eigenvalue weighted by molar-refractivity contribution is -0.265. The molecular weight excluding hydrogens is 965 g/mol. The number of hydrogen-bond donors (Lipinski definition) is 2. The van der Waals surface area contributed by atoms with Crippen LogP contribution in [0.25, 0.3) is 0 Å². The molecule has 75 heavy (non-hydrogen) atoms. The van der Waals surface area contributed by atoms with Crippen LogP contribution < -0.4 is 0 Å². The number of rotatable bonds is 8. The highest BCUT2D eigenvalue weighted by Crippen LogP contribution is 2.39. The van der Waals surface area contributed by atoms with Gasteiger partial charge in [-0.2, -0.15) is 0 Å². The van der Waals surface area contributed by atoms with Crippen molar-refractivity contribution in [1.29, 1.82) is 0 Å². The molecule has 3 saturated heterocycles. The van der Waals surface area contributed by atoms with Gasteiger partial charge in [-0.25, -0.2) is 4.79 Å². The van der Waals surface area contributed by atoms with Crippen molar-refractivity contribution >= 4 is 42.3 Å². The van der Waals surface area contributed by atoms with Gasteiger partial charge >= 0.3 is 19.1 Å². The molecule has 2 bridgehead atoms. The standard InChI is InChI=1S/C57H88BNO16/c1-34-18-14-13-15-19-35(2)46(68-10)30-42-23-21-40(7)57(67,75-42)52(63)53(64)59-25-17-16-20-43(59)54(65)73-47(31-44(60)36(3)27-39(6)50(62)51(70-12)49(61)38(5)26-34)37(4)28-41-22-24-45(48(29-41)69-11)74-55(66)56(8)32-71-58(9)72-33-56/h13-15,18-19,27,34,36-38,40-43,45-48,50-51,62,67H,16-17,20-26,28-33H2,1-12H3/b15-13?,18-14+,35-19?,39-27+/t34-,36-,37-,38-,40-,41+,42+,43+,45-,46+,47+,48-,50-,51+,57-/m1/s1. The molecule has 4 aliphatic heterocycles. The number of ketones is 3. The first-order valence-corrected chi connectivity index (χ1v) is 27.4. The Kier molecular flexibility index (Phi) is 23.3. The van der Waals surface area contributed by atoms with Crippen molar-refractivity contribution in [2.75, 3.05) is 41.1 Å². The van der Waals surface area contributed by atoms with Crippen LogP contribution in [0.1, 0.15) is 132 Å². The Morgan fingerprint density at radius 2 is 1.57 bits per heavy atom.